The van der Waals surface area contributed by atoms with Gasteiger partial charge in [-0.3, -0.25) is 9.97 Å². The number of ether oxygens (including phenoxy) is 1. The molecule has 4 aromatic rings. The first-order chi connectivity index (χ1) is 17.0. The third kappa shape index (κ3) is 9.48. The van der Waals surface area contributed by atoms with Crippen LogP contribution < -0.4 is 0 Å². The van der Waals surface area contributed by atoms with Crippen LogP contribution in [0.1, 0.15) is 31.2 Å². The van der Waals surface area contributed by atoms with Gasteiger partial charge >= 0.3 is 29.0 Å². The maximum Gasteiger partial charge on any atom is 2.00 e. The number of methoxy groups -OCH3 is 1. The van der Waals surface area contributed by atoms with Crippen LogP contribution in [0.25, 0.3) is 22.3 Å². The molecule has 4 rings (SSSR count). The number of aromatic nitrogens is 2. The number of benzene rings is 2. The predicted molar refractivity (Wildman–Crippen MR) is 159 cm³/mol. The fraction of sp³-hybridized carbons (Fsp3) is 0.143. The van der Waals surface area contributed by atoms with Gasteiger partial charge in [0.1, 0.15) is 11.6 Å². The van der Waals surface area contributed by atoms with E-state index in [-0.39, 0.29) is 60.0 Å². The second-order valence-corrected chi connectivity index (χ2v) is 9.01. The quantitative estimate of drug-likeness (QED) is 0.138. The number of carbonyl (C=O) groups is 1. The Morgan fingerprint density at radius 2 is 1.33 bits per heavy atom. The number of pyridine rings is 2. The smallest absolute Gasteiger partial charge is 1.00 e. The molecule has 0 radical (unpaired) electrons. The number of aliphatic hydroxyl groups is 1. The molecule has 0 aliphatic carbocycles. The van der Waals surface area contributed by atoms with Gasteiger partial charge in [-0.1, -0.05) is 35.3 Å². The number of hydrogen-bond donors (Lipinski definition) is 1. The molecule has 0 unspecified atom stereocenters. The number of halogens is 5. The Morgan fingerprint density at radius 1 is 0.872 bits per heavy atom. The van der Waals surface area contributed by atoms with Gasteiger partial charge in [-0.15, -0.1) is 17.0 Å². The zero-order chi connectivity index (χ0) is 26.5. The number of rotatable bonds is 4. The fourth-order valence-electron chi connectivity index (χ4n) is 3.47. The SMILES string of the molecule is Br.CC(C)(O)c1cc(Cl)ccc1-c1ccncc1F.COC(=O)c1cc(Cl)ccc1-c1ccncc1F.[CH3-].[H-].[Mg+2]. The van der Waals surface area contributed by atoms with Crippen molar-refractivity contribution >= 4 is 69.2 Å². The second kappa shape index (κ2) is 16.2. The molecule has 2 heterocycles. The van der Waals surface area contributed by atoms with Crippen LogP contribution in [0.15, 0.2) is 73.3 Å². The van der Waals surface area contributed by atoms with Crippen LogP contribution in [0.2, 0.25) is 10.0 Å². The third-order valence-electron chi connectivity index (χ3n) is 5.15. The number of esters is 1. The van der Waals surface area contributed by atoms with Gasteiger partial charge in [0.2, 0.25) is 0 Å². The summed E-state index contributed by atoms with van der Waals surface area (Å²) in [6.45, 7) is 3.28. The van der Waals surface area contributed by atoms with Gasteiger partial charge in [-0.25, -0.2) is 13.6 Å². The fourth-order valence-corrected chi connectivity index (χ4v) is 3.82. The van der Waals surface area contributed by atoms with Gasteiger partial charge in [0.15, 0.2) is 0 Å². The first-order valence-corrected chi connectivity index (χ1v) is 11.4. The van der Waals surface area contributed by atoms with Crippen molar-refractivity contribution < 1.29 is 24.8 Å². The van der Waals surface area contributed by atoms with Crippen molar-refractivity contribution in [3.63, 3.8) is 0 Å². The summed E-state index contributed by atoms with van der Waals surface area (Å²) in [6.07, 6.45) is 5.21. The van der Waals surface area contributed by atoms with Gasteiger partial charge in [-0.2, -0.15) is 0 Å². The van der Waals surface area contributed by atoms with Crippen LogP contribution >= 0.6 is 40.2 Å². The molecule has 11 heteroatoms. The monoisotopic (exact) mass is 650 g/mol. The van der Waals surface area contributed by atoms with Crippen LogP contribution in [-0.4, -0.2) is 51.2 Å². The van der Waals surface area contributed by atoms with Crippen LogP contribution in [0.4, 0.5) is 8.78 Å². The molecule has 0 aliphatic heterocycles. The minimum Gasteiger partial charge on any atom is -1.00 e. The van der Waals surface area contributed by atoms with Crippen molar-refractivity contribution in [1.82, 2.24) is 9.97 Å². The number of carbonyl (C=O) groups excluding carboxylic acids is 1. The largest absolute Gasteiger partial charge is 2.00 e. The molecular formula is C28H27BrCl2F2MgN2O3. The summed E-state index contributed by atoms with van der Waals surface area (Å²) >= 11 is 11.8. The molecule has 0 spiro atoms. The van der Waals surface area contributed by atoms with E-state index in [0.29, 0.717) is 32.3 Å². The minimum absolute atomic E-state index is 0. The molecule has 1 N–H and O–H groups in total. The molecule has 0 atom stereocenters. The Hall–Kier alpha value is -2.14. The normalized spacial score (nSPS) is 10.1. The molecule has 5 nitrogen and oxygen atoms in total. The Kier molecular flexibility index (Phi) is 15.3. The van der Waals surface area contributed by atoms with Crippen molar-refractivity contribution in [1.29, 1.82) is 0 Å². The predicted octanol–water partition coefficient (Wildman–Crippen LogP) is 7.86. The average molecular weight is 653 g/mol. The van der Waals surface area contributed by atoms with E-state index in [4.69, 9.17) is 23.2 Å². The van der Waals surface area contributed by atoms with E-state index >= 15 is 0 Å². The van der Waals surface area contributed by atoms with E-state index in [0.717, 1.165) is 12.4 Å². The van der Waals surface area contributed by atoms with Gasteiger partial charge in [0.05, 0.1) is 30.7 Å². The Morgan fingerprint density at radius 3 is 1.79 bits per heavy atom. The average Bonchev–Trinajstić information content (AvgIpc) is 2.84. The number of hydrogen-bond acceptors (Lipinski definition) is 5. The van der Waals surface area contributed by atoms with Crippen LogP contribution in [-0.2, 0) is 10.3 Å². The second-order valence-electron chi connectivity index (χ2n) is 8.14. The molecule has 0 bridgehead atoms. The van der Waals surface area contributed by atoms with Gasteiger partial charge < -0.3 is 18.7 Å². The van der Waals surface area contributed by atoms with Crippen LogP contribution in [0.5, 0.6) is 0 Å². The Balaban J connectivity index is 0. The van der Waals surface area contributed by atoms with Gasteiger partial charge in [0, 0.05) is 33.6 Å². The van der Waals surface area contributed by atoms with E-state index in [1.807, 2.05) is 0 Å². The minimum atomic E-state index is -1.10. The van der Waals surface area contributed by atoms with E-state index in [1.54, 1.807) is 50.2 Å². The number of nitrogens with zero attached hydrogens (tertiary/aromatic N) is 2. The maximum absolute atomic E-state index is 13.8. The summed E-state index contributed by atoms with van der Waals surface area (Å²) in [7, 11) is 1.26. The summed E-state index contributed by atoms with van der Waals surface area (Å²) in [6, 6.07) is 12.7. The molecular weight excluding hydrogens is 625 g/mol. The van der Waals surface area contributed by atoms with Gasteiger partial charge in [0.25, 0.3) is 0 Å². The third-order valence-corrected chi connectivity index (χ3v) is 5.62. The van der Waals surface area contributed by atoms with E-state index in [9.17, 15) is 18.7 Å². The topological polar surface area (TPSA) is 72.3 Å². The molecule has 2 aromatic carbocycles. The first kappa shape index (κ1) is 36.9. The van der Waals surface area contributed by atoms with Gasteiger partial charge in [-0.05, 0) is 66.9 Å². The molecule has 2 aromatic heterocycles. The molecule has 0 aliphatic rings. The first-order valence-electron chi connectivity index (χ1n) is 10.6. The van der Waals surface area contributed by atoms with Crippen molar-refractivity contribution in [3.8, 4) is 22.3 Å². The molecule has 0 saturated carbocycles. The van der Waals surface area contributed by atoms with E-state index < -0.39 is 23.2 Å². The van der Waals surface area contributed by atoms with Crippen LogP contribution in [0, 0.1) is 19.1 Å². The molecule has 39 heavy (non-hydrogen) atoms. The standard InChI is InChI=1S/C14H13ClFNO.C13H9ClFNO2.CH3.BrH.Mg.H/c1-14(2,18)12-7-9(15)3-4-10(12)11-5-6-17-8-13(11)16;1-18-13(17)11-6-8(14)2-3-9(11)10-4-5-16-7-12(10)15;;;;/h3-8,18H,1-2H3;2-7H,1H3;1H3;1H;;/q;;-1;;+2;-1. The van der Waals surface area contributed by atoms with Crippen molar-refractivity contribution in [2.45, 2.75) is 19.4 Å². The summed E-state index contributed by atoms with van der Waals surface area (Å²) in [5, 5.41) is 11.0. The summed E-state index contributed by atoms with van der Waals surface area (Å²) in [4.78, 5) is 19.0. The Bertz CT molecular complexity index is 1410. The molecule has 0 saturated heterocycles. The molecule has 0 fully saturated rings. The van der Waals surface area contributed by atoms with E-state index in [1.165, 1.54) is 31.6 Å². The van der Waals surface area contributed by atoms with Crippen LogP contribution in [0.3, 0.4) is 0 Å². The van der Waals surface area contributed by atoms with Crippen molar-refractivity contribution in [3.05, 3.63) is 114 Å². The summed E-state index contributed by atoms with van der Waals surface area (Å²) in [5.41, 5.74) is 1.42. The van der Waals surface area contributed by atoms with Crippen molar-refractivity contribution in [2.24, 2.45) is 0 Å². The zero-order valence-electron chi connectivity index (χ0n) is 22.7. The zero-order valence-corrected chi connectivity index (χ0v) is 26.4. The molecule has 204 valence electrons. The summed E-state index contributed by atoms with van der Waals surface area (Å²) < 4.78 is 32.1. The van der Waals surface area contributed by atoms with E-state index in [2.05, 4.69) is 14.7 Å². The Labute approximate surface area is 265 Å². The summed E-state index contributed by atoms with van der Waals surface area (Å²) in [5.74, 6) is -1.50. The van der Waals surface area contributed by atoms with Crippen molar-refractivity contribution in [2.75, 3.05) is 7.11 Å². The molecule has 0 amide bonds. The maximum atomic E-state index is 13.8.